The van der Waals surface area contributed by atoms with Gasteiger partial charge in [0.15, 0.2) is 0 Å². The molecule has 1 aromatic heterocycles. The van der Waals surface area contributed by atoms with E-state index in [0.29, 0.717) is 0 Å². The molecule has 0 aliphatic rings. The summed E-state index contributed by atoms with van der Waals surface area (Å²) in [7, 11) is 0. The van der Waals surface area contributed by atoms with Crippen LogP contribution >= 0.6 is 38.5 Å². The van der Waals surface area contributed by atoms with Crippen LogP contribution in [0.4, 0.5) is 0 Å². The largest absolute Gasteiger partial charge is 0.455 e. The molecule has 0 saturated carbocycles. The summed E-state index contributed by atoms with van der Waals surface area (Å²) in [5.41, 5.74) is 1.91. The van der Waals surface area contributed by atoms with Crippen molar-refractivity contribution >= 4 is 60.5 Å². The Hall–Kier alpha value is -0.550. The maximum absolute atomic E-state index is 5.83. The second-order valence-corrected chi connectivity index (χ2v) is 5.35. The fourth-order valence-electron chi connectivity index (χ4n) is 1.76. The van der Waals surface area contributed by atoms with E-state index in [4.69, 9.17) is 4.42 Å². The molecule has 0 saturated heterocycles. The van der Waals surface area contributed by atoms with Gasteiger partial charge in [-0.2, -0.15) is 0 Å². The third-order valence-electron chi connectivity index (χ3n) is 2.43. The topological polar surface area (TPSA) is 13.1 Å². The fraction of sp³-hybridized carbons (Fsp3) is 0. The molecule has 0 fully saturated rings. The van der Waals surface area contributed by atoms with Gasteiger partial charge >= 0.3 is 0 Å². The molecular formula is C12H6BrIO. The first-order valence-corrected chi connectivity index (χ1v) is 6.40. The quantitative estimate of drug-likeness (QED) is 0.509. The van der Waals surface area contributed by atoms with E-state index in [1.54, 1.807) is 0 Å². The van der Waals surface area contributed by atoms with Crippen LogP contribution in [0, 0.1) is 3.57 Å². The number of halogens is 2. The predicted octanol–water partition coefficient (Wildman–Crippen LogP) is 4.95. The van der Waals surface area contributed by atoms with Crippen molar-refractivity contribution in [3.63, 3.8) is 0 Å². The minimum absolute atomic E-state index is 0.942. The van der Waals surface area contributed by atoms with Crippen molar-refractivity contribution in [2.24, 2.45) is 0 Å². The minimum atomic E-state index is 0.942. The Balaban J connectivity index is 2.66. The van der Waals surface area contributed by atoms with Crippen molar-refractivity contribution in [3.05, 3.63) is 44.4 Å². The average molecular weight is 373 g/mol. The Bertz CT molecular complexity index is 657. The number of rotatable bonds is 0. The molecule has 3 heteroatoms. The van der Waals surface area contributed by atoms with Crippen LogP contribution in [-0.4, -0.2) is 0 Å². The zero-order valence-electron chi connectivity index (χ0n) is 7.63. The number of furan rings is 1. The third-order valence-corrected chi connectivity index (χ3v) is 3.94. The summed E-state index contributed by atoms with van der Waals surface area (Å²) in [5, 5.41) is 2.33. The van der Waals surface area contributed by atoms with E-state index in [1.807, 2.05) is 18.2 Å². The molecule has 2 aromatic carbocycles. The van der Waals surface area contributed by atoms with Gasteiger partial charge in [0.05, 0.1) is 3.57 Å². The SMILES string of the molecule is Brc1ccc(I)c2oc3ccccc3c12. The summed E-state index contributed by atoms with van der Waals surface area (Å²) >= 11 is 5.86. The lowest BCUT2D eigenvalue weighted by molar-refractivity contribution is 0.666. The molecule has 0 aliphatic carbocycles. The summed E-state index contributed by atoms with van der Waals surface area (Å²) < 4.78 is 8.05. The zero-order valence-corrected chi connectivity index (χ0v) is 11.4. The molecule has 0 N–H and O–H groups in total. The van der Waals surface area contributed by atoms with Gasteiger partial charge in [0.25, 0.3) is 0 Å². The molecule has 74 valence electrons. The maximum atomic E-state index is 5.83. The van der Waals surface area contributed by atoms with Crippen LogP contribution in [0.1, 0.15) is 0 Å². The highest BCUT2D eigenvalue weighted by molar-refractivity contribution is 14.1. The Morgan fingerprint density at radius 2 is 1.87 bits per heavy atom. The van der Waals surface area contributed by atoms with Gasteiger partial charge in [-0.05, 0) is 40.8 Å². The second-order valence-electron chi connectivity index (χ2n) is 3.33. The van der Waals surface area contributed by atoms with Gasteiger partial charge in [-0.3, -0.25) is 0 Å². The van der Waals surface area contributed by atoms with E-state index < -0.39 is 0 Å². The van der Waals surface area contributed by atoms with E-state index in [2.05, 4.69) is 56.7 Å². The molecule has 0 spiro atoms. The zero-order chi connectivity index (χ0) is 10.4. The standard InChI is InChI=1S/C12H6BrIO/c13-8-5-6-9(14)12-11(8)7-3-1-2-4-10(7)15-12/h1-6H. The fourth-order valence-corrected chi connectivity index (χ4v) is 2.84. The molecular weight excluding hydrogens is 367 g/mol. The predicted molar refractivity (Wildman–Crippen MR) is 74.1 cm³/mol. The first-order chi connectivity index (χ1) is 7.27. The van der Waals surface area contributed by atoms with Crippen molar-refractivity contribution in [1.82, 2.24) is 0 Å². The van der Waals surface area contributed by atoms with Crippen LogP contribution in [0.3, 0.4) is 0 Å². The summed E-state index contributed by atoms with van der Waals surface area (Å²) in [6.45, 7) is 0. The van der Waals surface area contributed by atoms with Gasteiger partial charge < -0.3 is 4.42 Å². The lowest BCUT2D eigenvalue weighted by atomic mass is 10.2. The first-order valence-electron chi connectivity index (χ1n) is 4.52. The lowest BCUT2D eigenvalue weighted by Gasteiger charge is -1.95. The number of fused-ring (bicyclic) bond motifs is 3. The summed E-state index contributed by atoms with van der Waals surface area (Å²) in [5.74, 6) is 0. The Morgan fingerprint density at radius 3 is 2.73 bits per heavy atom. The lowest BCUT2D eigenvalue weighted by Crippen LogP contribution is -1.73. The van der Waals surface area contributed by atoms with Crippen molar-refractivity contribution in [2.45, 2.75) is 0 Å². The Labute approximate surface area is 109 Å². The molecule has 3 rings (SSSR count). The number of hydrogen-bond acceptors (Lipinski definition) is 1. The van der Waals surface area contributed by atoms with E-state index in [1.165, 1.54) is 0 Å². The molecule has 0 radical (unpaired) electrons. The molecule has 1 nitrogen and oxygen atoms in total. The van der Waals surface area contributed by atoms with E-state index in [-0.39, 0.29) is 0 Å². The van der Waals surface area contributed by atoms with Crippen molar-refractivity contribution in [2.75, 3.05) is 0 Å². The molecule has 1 heterocycles. The van der Waals surface area contributed by atoms with Gasteiger partial charge in [-0.1, -0.05) is 34.1 Å². The number of hydrogen-bond donors (Lipinski definition) is 0. The molecule has 0 unspecified atom stereocenters. The summed E-state index contributed by atoms with van der Waals surface area (Å²) in [6.07, 6.45) is 0. The summed E-state index contributed by atoms with van der Waals surface area (Å²) in [4.78, 5) is 0. The van der Waals surface area contributed by atoms with Crippen molar-refractivity contribution < 1.29 is 4.42 Å². The first kappa shape index (κ1) is 9.66. The molecule has 0 aliphatic heterocycles. The van der Waals surface area contributed by atoms with Crippen LogP contribution < -0.4 is 0 Å². The molecule has 15 heavy (non-hydrogen) atoms. The highest BCUT2D eigenvalue weighted by Crippen LogP contribution is 2.36. The van der Waals surface area contributed by atoms with E-state index in [0.717, 1.165) is 30.0 Å². The van der Waals surface area contributed by atoms with Gasteiger partial charge in [-0.15, -0.1) is 0 Å². The van der Waals surface area contributed by atoms with Crippen LogP contribution in [-0.2, 0) is 0 Å². The van der Waals surface area contributed by atoms with E-state index in [9.17, 15) is 0 Å². The van der Waals surface area contributed by atoms with E-state index >= 15 is 0 Å². The second kappa shape index (κ2) is 3.49. The van der Waals surface area contributed by atoms with Crippen LogP contribution in [0.5, 0.6) is 0 Å². The molecule has 0 bridgehead atoms. The molecule has 0 amide bonds. The summed E-state index contributed by atoms with van der Waals surface area (Å²) in [6, 6.07) is 12.2. The highest BCUT2D eigenvalue weighted by Gasteiger charge is 2.11. The van der Waals surface area contributed by atoms with Crippen molar-refractivity contribution in [3.8, 4) is 0 Å². The number of para-hydroxylation sites is 1. The monoisotopic (exact) mass is 372 g/mol. The van der Waals surface area contributed by atoms with Gasteiger partial charge in [0.1, 0.15) is 11.2 Å². The van der Waals surface area contributed by atoms with Crippen LogP contribution in [0.2, 0.25) is 0 Å². The Kier molecular flexibility index (Phi) is 2.25. The van der Waals surface area contributed by atoms with Crippen LogP contribution in [0.15, 0.2) is 45.3 Å². The van der Waals surface area contributed by atoms with Gasteiger partial charge in [-0.25, -0.2) is 0 Å². The van der Waals surface area contributed by atoms with Crippen LogP contribution in [0.25, 0.3) is 21.9 Å². The normalized spacial score (nSPS) is 11.3. The molecule has 3 aromatic rings. The van der Waals surface area contributed by atoms with Gasteiger partial charge in [0, 0.05) is 15.2 Å². The smallest absolute Gasteiger partial charge is 0.149 e. The minimum Gasteiger partial charge on any atom is -0.455 e. The highest BCUT2D eigenvalue weighted by atomic mass is 127. The maximum Gasteiger partial charge on any atom is 0.149 e. The average Bonchev–Trinajstić information content (AvgIpc) is 2.64. The number of benzene rings is 2. The Morgan fingerprint density at radius 1 is 1.07 bits per heavy atom. The van der Waals surface area contributed by atoms with Crippen molar-refractivity contribution in [1.29, 1.82) is 0 Å². The van der Waals surface area contributed by atoms with Gasteiger partial charge in [0.2, 0.25) is 0 Å². The molecule has 0 atom stereocenters. The third kappa shape index (κ3) is 1.40.